The van der Waals surface area contributed by atoms with Gasteiger partial charge in [-0.3, -0.25) is 0 Å². The van der Waals surface area contributed by atoms with E-state index in [9.17, 15) is 8.42 Å². The number of imidazole rings is 1. The van der Waals surface area contributed by atoms with Crippen molar-refractivity contribution in [2.24, 2.45) is 0 Å². The van der Waals surface area contributed by atoms with E-state index in [-0.39, 0.29) is 5.75 Å². The molecule has 1 aromatic heterocycles. The molecule has 4 aromatic rings. The molecule has 0 aliphatic heterocycles. The molecule has 0 aliphatic rings. The fourth-order valence-corrected chi connectivity index (χ4v) is 3.52. The van der Waals surface area contributed by atoms with Gasteiger partial charge in [-0.15, -0.1) is 0 Å². The van der Waals surface area contributed by atoms with E-state index in [4.69, 9.17) is 9.17 Å². The van der Waals surface area contributed by atoms with Crippen LogP contribution in [0, 0.1) is 0 Å². The van der Waals surface area contributed by atoms with E-state index < -0.39 is 10.1 Å². The zero-order chi connectivity index (χ0) is 18.9. The molecule has 1 heterocycles. The molecule has 0 fully saturated rings. The third-order valence-electron chi connectivity index (χ3n) is 4.20. The van der Waals surface area contributed by atoms with Crippen LogP contribution in [0.25, 0.3) is 22.4 Å². The van der Waals surface area contributed by atoms with Crippen molar-refractivity contribution in [2.45, 2.75) is 6.54 Å². The Kier molecular flexibility index (Phi) is 4.41. The summed E-state index contributed by atoms with van der Waals surface area (Å²) in [4.78, 5) is 4.79. The lowest BCUT2D eigenvalue weighted by Gasteiger charge is -2.10. The third kappa shape index (κ3) is 3.85. The second kappa shape index (κ2) is 6.89. The topological polar surface area (TPSA) is 61.2 Å². The monoisotopic (exact) mass is 378 g/mol. The van der Waals surface area contributed by atoms with E-state index in [1.165, 1.54) is 5.56 Å². The van der Waals surface area contributed by atoms with Gasteiger partial charge in [0.1, 0.15) is 11.6 Å². The summed E-state index contributed by atoms with van der Waals surface area (Å²) >= 11 is 0. The maximum atomic E-state index is 11.3. The molecular weight excluding hydrogens is 360 g/mol. The number of hydrogen-bond donors (Lipinski definition) is 0. The second-order valence-corrected chi connectivity index (χ2v) is 7.88. The molecule has 0 unspecified atom stereocenters. The molecule has 0 saturated heterocycles. The Hall–Kier alpha value is -3.12. The van der Waals surface area contributed by atoms with Crippen molar-refractivity contribution in [3.63, 3.8) is 0 Å². The van der Waals surface area contributed by atoms with E-state index in [1.807, 2.05) is 48.5 Å². The van der Waals surface area contributed by atoms with Gasteiger partial charge in [0.25, 0.3) is 0 Å². The second-order valence-electron chi connectivity index (χ2n) is 6.31. The van der Waals surface area contributed by atoms with Crippen LogP contribution in [-0.4, -0.2) is 24.2 Å². The molecule has 27 heavy (non-hydrogen) atoms. The first-order chi connectivity index (χ1) is 13.0. The number of aromatic nitrogens is 2. The number of rotatable bonds is 5. The fourth-order valence-electron chi connectivity index (χ4n) is 3.06. The van der Waals surface area contributed by atoms with Crippen molar-refractivity contribution in [1.29, 1.82) is 0 Å². The van der Waals surface area contributed by atoms with E-state index >= 15 is 0 Å². The van der Waals surface area contributed by atoms with Gasteiger partial charge in [-0.2, -0.15) is 8.42 Å². The van der Waals surface area contributed by atoms with Gasteiger partial charge in [-0.1, -0.05) is 42.5 Å². The first-order valence-corrected chi connectivity index (χ1v) is 10.3. The van der Waals surface area contributed by atoms with Crippen LogP contribution in [0.15, 0.2) is 78.9 Å². The van der Waals surface area contributed by atoms with Crippen molar-refractivity contribution >= 4 is 21.2 Å². The van der Waals surface area contributed by atoms with Gasteiger partial charge < -0.3 is 8.75 Å². The van der Waals surface area contributed by atoms with Crippen LogP contribution < -0.4 is 4.18 Å². The molecule has 136 valence electrons. The minimum Gasteiger partial charge on any atom is -0.383 e. The zero-order valence-electron chi connectivity index (χ0n) is 14.7. The van der Waals surface area contributed by atoms with Gasteiger partial charge in [0.15, 0.2) is 0 Å². The summed E-state index contributed by atoms with van der Waals surface area (Å²) in [6.07, 6.45) is 1.03. The van der Waals surface area contributed by atoms with Crippen molar-refractivity contribution in [3.8, 4) is 17.1 Å². The summed E-state index contributed by atoms with van der Waals surface area (Å²) in [6.45, 7) is 0.693. The average molecular weight is 378 g/mol. The Balaban J connectivity index is 1.78. The molecule has 5 nitrogen and oxygen atoms in total. The van der Waals surface area contributed by atoms with Crippen LogP contribution in [0.5, 0.6) is 5.75 Å². The maximum Gasteiger partial charge on any atom is 0.306 e. The lowest BCUT2D eigenvalue weighted by atomic mass is 10.2. The average Bonchev–Trinajstić information content (AvgIpc) is 3.01. The highest BCUT2D eigenvalue weighted by molar-refractivity contribution is 7.86. The SMILES string of the molecule is CS(=O)(=O)Oc1ccc(-c2nc3ccccc3n2Cc2ccccc2)cc1. The molecule has 0 N–H and O–H groups in total. The first-order valence-electron chi connectivity index (χ1n) is 8.49. The fraction of sp³-hybridized carbons (Fsp3) is 0.0952. The summed E-state index contributed by atoms with van der Waals surface area (Å²) in [6, 6.07) is 25.1. The standard InChI is InChI=1S/C21H18N2O3S/c1-27(24,25)26-18-13-11-17(12-14-18)21-22-19-9-5-6-10-20(19)23(21)15-16-7-3-2-4-8-16/h2-14H,15H2,1H3. The Bertz CT molecular complexity index is 1180. The van der Waals surface area contributed by atoms with Gasteiger partial charge in [-0.05, 0) is 42.0 Å². The Morgan fingerprint density at radius 1 is 0.889 bits per heavy atom. The third-order valence-corrected chi connectivity index (χ3v) is 4.69. The van der Waals surface area contributed by atoms with E-state index in [2.05, 4.69) is 22.8 Å². The van der Waals surface area contributed by atoms with Crippen molar-refractivity contribution in [1.82, 2.24) is 9.55 Å². The minimum atomic E-state index is -3.54. The largest absolute Gasteiger partial charge is 0.383 e. The molecule has 3 aromatic carbocycles. The highest BCUT2D eigenvalue weighted by Crippen LogP contribution is 2.27. The van der Waals surface area contributed by atoms with Crippen LogP contribution >= 0.6 is 0 Å². The predicted molar refractivity (Wildman–Crippen MR) is 106 cm³/mol. The van der Waals surface area contributed by atoms with Crippen LogP contribution in [-0.2, 0) is 16.7 Å². The van der Waals surface area contributed by atoms with Gasteiger partial charge >= 0.3 is 10.1 Å². The summed E-state index contributed by atoms with van der Waals surface area (Å²) in [5.74, 6) is 1.11. The molecule has 0 saturated carbocycles. The lowest BCUT2D eigenvalue weighted by Crippen LogP contribution is -2.05. The highest BCUT2D eigenvalue weighted by Gasteiger charge is 2.13. The van der Waals surface area contributed by atoms with E-state index in [0.29, 0.717) is 6.54 Å². The summed E-state index contributed by atoms with van der Waals surface area (Å²) in [5, 5.41) is 0. The van der Waals surface area contributed by atoms with Crippen molar-refractivity contribution in [2.75, 3.05) is 6.26 Å². The normalized spacial score (nSPS) is 11.6. The molecule has 0 bridgehead atoms. The molecule has 0 spiro atoms. The van der Waals surface area contributed by atoms with Crippen LogP contribution in [0.2, 0.25) is 0 Å². The summed E-state index contributed by atoms with van der Waals surface area (Å²) < 4.78 is 29.7. The number of para-hydroxylation sites is 2. The summed E-state index contributed by atoms with van der Waals surface area (Å²) in [7, 11) is -3.54. The lowest BCUT2D eigenvalue weighted by molar-refractivity contribution is 0.493. The maximum absolute atomic E-state index is 11.3. The zero-order valence-corrected chi connectivity index (χ0v) is 15.6. The Morgan fingerprint density at radius 3 is 2.26 bits per heavy atom. The van der Waals surface area contributed by atoms with Crippen molar-refractivity contribution in [3.05, 3.63) is 84.4 Å². The van der Waals surface area contributed by atoms with Crippen LogP contribution in [0.3, 0.4) is 0 Å². The van der Waals surface area contributed by atoms with Gasteiger partial charge in [0, 0.05) is 12.1 Å². The molecule has 6 heteroatoms. The first kappa shape index (κ1) is 17.3. The minimum absolute atomic E-state index is 0.284. The van der Waals surface area contributed by atoms with Crippen LogP contribution in [0.4, 0.5) is 0 Å². The molecule has 0 amide bonds. The van der Waals surface area contributed by atoms with Crippen molar-refractivity contribution < 1.29 is 12.6 Å². The molecule has 4 rings (SSSR count). The predicted octanol–water partition coefficient (Wildman–Crippen LogP) is 4.09. The van der Waals surface area contributed by atoms with E-state index in [0.717, 1.165) is 28.7 Å². The number of fused-ring (bicyclic) bond motifs is 1. The number of benzene rings is 3. The summed E-state index contributed by atoms with van der Waals surface area (Å²) in [5.41, 5.74) is 4.04. The number of hydrogen-bond acceptors (Lipinski definition) is 4. The van der Waals surface area contributed by atoms with Gasteiger partial charge in [0.05, 0.1) is 17.3 Å². The molecule has 0 radical (unpaired) electrons. The quantitative estimate of drug-likeness (QED) is 0.491. The molecule has 0 aliphatic carbocycles. The smallest absolute Gasteiger partial charge is 0.306 e. The highest BCUT2D eigenvalue weighted by atomic mass is 32.2. The van der Waals surface area contributed by atoms with E-state index in [1.54, 1.807) is 12.1 Å². The van der Waals surface area contributed by atoms with Crippen LogP contribution in [0.1, 0.15) is 5.56 Å². The van der Waals surface area contributed by atoms with Gasteiger partial charge in [-0.25, -0.2) is 4.98 Å². The molecular formula is C21H18N2O3S. The number of nitrogens with zero attached hydrogens (tertiary/aromatic N) is 2. The Morgan fingerprint density at radius 2 is 1.56 bits per heavy atom. The van der Waals surface area contributed by atoms with Gasteiger partial charge in [0.2, 0.25) is 0 Å². The Labute approximate surface area is 158 Å². The molecule has 0 atom stereocenters.